The van der Waals surface area contributed by atoms with Crippen molar-refractivity contribution in [2.75, 3.05) is 19.6 Å². The fourth-order valence-corrected chi connectivity index (χ4v) is 2.66. The van der Waals surface area contributed by atoms with Gasteiger partial charge in [-0.1, -0.05) is 27.7 Å². The molecule has 0 amide bonds. The Morgan fingerprint density at radius 3 is 2.12 bits per heavy atom. The second kappa shape index (κ2) is 7.29. The molecule has 16 heavy (non-hydrogen) atoms. The minimum atomic E-state index is 0.738. The molecule has 1 N–H and O–H groups in total. The molecule has 0 aliphatic carbocycles. The summed E-state index contributed by atoms with van der Waals surface area (Å²) in [4.78, 5) is 2.62. The van der Waals surface area contributed by atoms with Crippen LogP contribution in [0.4, 0.5) is 0 Å². The molecule has 1 rings (SSSR count). The van der Waals surface area contributed by atoms with Crippen LogP contribution in [0, 0.1) is 5.92 Å². The third kappa shape index (κ3) is 4.84. The maximum Gasteiger partial charge on any atom is 0.00939 e. The second-order valence-corrected chi connectivity index (χ2v) is 5.65. The molecule has 2 heteroatoms. The number of nitrogens with zero attached hydrogens (tertiary/aromatic N) is 1. The van der Waals surface area contributed by atoms with Crippen LogP contribution in [-0.4, -0.2) is 36.6 Å². The van der Waals surface area contributed by atoms with Crippen molar-refractivity contribution in [1.29, 1.82) is 0 Å². The van der Waals surface area contributed by atoms with Gasteiger partial charge in [0, 0.05) is 18.6 Å². The Bertz CT molecular complexity index is 168. The molecule has 96 valence electrons. The first-order chi connectivity index (χ1) is 7.65. The average Bonchev–Trinajstić information content (AvgIpc) is 2.27. The summed E-state index contributed by atoms with van der Waals surface area (Å²) < 4.78 is 0. The summed E-state index contributed by atoms with van der Waals surface area (Å²) in [7, 11) is 0. The molecule has 2 nitrogen and oxygen atoms in total. The predicted octanol–water partition coefficient (Wildman–Crippen LogP) is 2.89. The van der Waals surface area contributed by atoms with Crippen molar-refractivity contribution in [2.45, 2.75) is 65.5 Å². The van der Waals surface area contributed by atoms with Crippen molar-refractivity contribution in [3.05, 3.63) is 0 Å². The number of piperidine rings is 1. The van der Waals surface area contributed by atoms with Gasteiger partial charge in [0.15, 0.2) is 0 Å². The number of hydrogen-bond acceptors (Lipinski definition) is 2. The molecule has 0 atom stereocenters. The summed E-state index contributed by atoms with van der Waals surface area (Å²) in [5.41, 5.74) is 0. The Morgan fingerprint density at radius 1 is 1.12 bits per heavy atom. The molecule has 1 aliphatic rings. The van der Waals surface area contributed by atoms with Crippen LogP contribution in [0.5, 0.6) is 0 Å². The molecule has 0 unspecified atom stereocenters. The van der Waals surface area contributed by atoms with E-state index in [1.165, 1.54) is 45.3 Å². The number of rotatable bonds is 6. The monoisotopic (exact) mass is 226 g/mol. The molecular weight excluding hydrogens is 196 g/mol. The van der Waals surface area contributed by atoms with Crippen molar-refractivity contribution in [2.24, 2.45) is 5.92 Å². The molecule has 1 fully saturated rings. The topological polar surface area (TPSA) is 15.3 Å². The van der Waals surface area contributed by atoms with Crippen LogP contribution in [-0.2, 0) is 0 Å². The zero-order valence-corrected chi connectivity index (χ0v) is 11.6. The summed E-state index contributed by atoms with van der Waals surface area (Å²) in [6, 6.07) is 1.51. The van der Waals surface area contributed by atoms with Crippen molar-refractivity contribution in [3.63, 3.8) is 0 Å². The molecule has 0 bridgehead atoms. The Kier molecular flexibility index (Phi) is 6.37. The van der Waals surface area contributed by atoms with Gasteiger partial charge in [-0.25, -0.2) is 0 Å². The van der Waals surface area contributed by atoms with Crippen LogP contribution in [0.25, 0.3) is 0 Å². The minimum Gasteiger partial charge on any atom is -0.311 e. The maximum atomic E-state index is 3.80. The highest BCUT2D eigenvalue weighted by Gasteiger charge is 2.20. The van der Waals surface area contributed by atoms with E-state index in [9.17, 15) is 0 Å². The second-order valence-electron chi connectivity index (χ2n) is 5.65. The van der Waals surface area contributed by atoms with Crippen LogP contribution in [0.15, 0.2) is 0 Å². The number of nitrogens with one attached hydrogen (secondary N) is 1. The first-order valence-electron chi connectivity index (χ1n) is 7.14. The fraction of sp³-hybridized carbons (Fsp3) is 1.00. The normalized spacial score (nSPS) is 19.9. The zero-order chi connectivity index (χ0) is 12.0. The molecule has 0 aromatic carbocycles. The molecule has 0 aromatic heterocycles. The van der Waals surface area contributed by atoms with E-state index in [1.54, 1.807) is 0 Å². The Balaban J connectivity index is 2.21. The Hall–Kier alpha value is -0.0800. The molecular formula is C14H30N2. The first kappa shape index (κ1) is 14.0. The zero-order valence-electron chi connectivity index (χ0n) is 11.6. The molecule has 0 radical (unpaired) electrons. The van der Waals surface area contributed by atoms with Gasteiger partial charge in [-0.3, -0.25) is 0 Å². The van der Waals surface area contributed by atoms with Gasteiger partial charge in [0.1, 0.15) is 0 Å². The third-order valence-corrected chi connectivity index (χ3v) is 3.67. The number of likely N-dealkylation sites (tertiary alicyclic amines) is 1. The summed E-state index contributed by atoms with van der Waals surface area (Å²) in [6.07, 6.45) is 5.21. The predicted molar refractivity (Wildman–Crippen MR) is 71.8 cm³/mol. The lowest BCUT2D eigenvalue weighted by atomic mass is 10.0. The smallest absolute Gasteiger partial charge is 0.00939 e. The Labute approximate surface area is 102 Å². The van der Waals surface area contributed by atoms with E-state index in [0.717, 1.165) is 18.0 Å². The lowest BCUT2D eigenvalue weighted by Gasteiger charge is -2.35. The molecule has 0 aromatic rings. The van der Waals surface area contributed by atoms with Gasteiger partial charge >= 0.3 is 0 Å². The largest absolute Gasteiger partial charge is 0.311 e. The van der Waals surface area contributed by atoms with Crippen LogP contribution in [0.1, 0.15) is 53.4 Å². The van der Waals surface area contributed by atoms with Crippen LogP contribution in [0.3, 0.4) is 0 Å². The lowest BCUT2D eigenvalue weighted by Crippen LogP contribution is -2.46. The van der Waals surface area contributed by atoms with Crippen molar-refractivity contribution in [1.82, 2.24) is 10.2 Å². The highest BCUT2D eigenvalue weighted by atomic mass is 15.1. The van der Waals surface area contributed by atoms with E-state index >= 15 is 0 Å². The molecule has 1 saturated heterocycles. The van der Waals surface area contributed by atoms with E-state index < -0.39 is 0 Å². The highest BCUT2D eigenvalue weighted by molar-refractivity contribution is 4.80. The average molecular weight is 226 g/mol. The fourth-order valence-electron chi connectivity index (χ4n) is 2.66. The van der Waals surface area contributed by atoms with Gasteiger partial charge in [0.05, 0.1) is 0 Å². The van der Waals surface area contributed by atoms with Crippen molar-refractivity contribution >= 4 is 0 Å². The van der Waals surface area contributed by atoms with Crippen molar-refractivity contribution in [3.8, 4) is 0 Å². The van der Waals surface area contributed by atoms with Crippen LogP contribution < -0.4 is 5.32 Å². The highest BCUT2D eigenvalue weighted by Crippen LogP contribution is 2.13. The third-order valence-electron chi connectivity index (χ3n) is 3.67. The maximum absolute atomic E-state index is 3.80. The SMILES string of the molecule is CCC(CC)NC1CCN(CC(C)C)CC1. The van der Waals surface area contributed by atoms with E-state index in [1.807, 2.05) is 0 Å². The van der Waals surface area contributed by atoms with Gasteiger partial charge in [0.25, 0.3) is 0 Å². The van der Waals surface area contributed by atoms with Gasteiger partial charge in [-0.2, -0.15) is 0 Å². The van der Waals surface area contributed by atoms with E-state index in [0.29, 0.717) is 0 Å². The standard InChI is InChI=1S/C14H30N2/c1-5-13(6-2)15-14-7-9-16(10-8-14)11-12(3)4/h12-15H,5-11H2,1-4H3. The molecule has 0 saturated carbocycles. The summed E-state index contributed by atoms with van der Waals surface area (Å²) in [6.45, 7) is 13.1. The molecule has 1 heterocycles. The van der Waals surface area contributed by atoms with Gasteiger partial charge < -0.3 is 10.2 Å². The van der Waals surface area contributed by atoms with Crippen LogP contribution >= 0.6 is 0 Å². The van der Waals surface area contributed by atoms with Gasteiger partial charge in [-0.05, 0) is 44.7 Å². The Morgan fingerprint density at radius 2 is 1.69 bits per heavy atom. The molecule has 1 aliphatic heterocycles. The lowest BCUT2D eigenvalue weighted by molar-refractivity contribution is 0.173. The minimum absolute atomic E-state index is 0.738. The quantitative estimate of drug-likeness (QED) is 0.749. The summed E-state index contributed by atoms with van der Waals surface area (Å²) in [5, 5.41) is 3.80. The van der Waals surface area contributed by atoms with Crippen molar-refractivity contribution < 1.29 is 0 Å². The van der Waals surface area contributed by atoms with Gasteiger partial charge in [-0.15, -0.1) is 0 Å². The first-order valence-corrected chi connectivity index (χ1v) is 7.14. The number of hydrogen-bond donors (Lipinski definition) is 1. The van der Waals surface area contributed by atoms with Gasteiger partial charge in [0.2, 0.25) is 0 Å². The molecule has 0 spiro atoms. The van der Waals surface area contributed by atoms with E-state index in [2.05, 4.69) is 37.9 Å². The summed E-state index contributed by atoms with van der Waals surface area (Å²) in [5.74, 6) is 0.809. The van der Waals surface area contributed by atoms with E-state index in [4.69, 9.17) is 0 Å². The van der Waals surface area contributed by atoms with Crippen LogP contribution in [0.2, 0.25) is 0 Å². The van der Waals surface area contributed by atoms with E-state index in [-0.39, 0.29) is 0 Å². The summed E-state index contributed by atoms with van der Waals surface area (Å²) >= 11 is 0.